The van der Waals surface area contributed by atoms with Crippen molar-refractivity contribution in [3.63, 3.8) is 0 Å². The van der Waals surface area contributed by atoms with Gasteiger partial charge in [-0.25, -0.2) is 9.97 Å². The summed E-state index contributed by atoms with van der Waals surface area (Å²) in [4.78, 5) is 8.85. The fourth-order valence-corrected chi connectivity index (χ4v) is 1.81. The molecule has 17 heavy (non-hydrogen) atoms. The summed E-state index contributed by atoms with van der Waals surface area (Å²) in [6.07, 6.45) is 3.85. The first kappa shape index (κ1) is 11.6. The lowest BCUT2D eigenvalue weighted by Crippen LogP contribution is -2.02. The van der Waals surface area contributed by atoms with Crippen molar-refractivity contribution in [2.24, 2.45) is 0 Å². The third kappa shape index (κ3) is 2.13. The predicted octanol–water partition coefficient (Wildman–Crippen LogP) is 2.02. The van der Waals surface area contributed by atoms with Crippen molar-refractivity contribution < 1.29 is 0 Å². The Morgan fingerprint density at radius 1 is 1.29 bits per heavy atom. The van der Waals surface area contributed by atoms with Crippen molar-refractivity contribution in [3.8, 4) is 11.3 Å². The smallest absolute Gasteiger partial charge is 0.132 e. The van der Waals surface area contributed by atoms with Gasteiger partial charge in [0.05, 0.1) is 11.9 Å². The summed E-state index contributed by atoms with van der Waals surface area (Å²) in [7, 11) is 1.87. The molecule has 2 heterocycles. The Morgan fingerprint density at radius 3 is 2.65 bits per heavy atom. The van der Waals surface area contributed by atoms with Gasteiger partial charge in [0.2, 0.25) is 0 Å². The molecule has 1 N–H and O–H groups in total. The second-order valence-electron chi connectivity index (χ2n) is 3.93. The third-order valence-corrected chi connectivity index (χ3v) is 2.73. The van der Waals surface area contributed by atoms with Crippen molar-refractivity contribution in [2.45, 2.75) is 27.3 Å². The summed E-state index contributed by atoms with van der Waals surface area (Å²) in [5, 5.41) is 7.36. The van der Waals surface area contributed by atoms with Crippen LogP contribution in [0.4, 0.5) is 5.82 Å². The number of anilines is 1. The zero-order valence-electron chi connectivity index (χ0n) is 10.7. The fraction of sp³-hybridized carbons (Fsp3) is 0.417. The van der Waals surface area contributed by atoms with E-state index in [2.05, 4.69) is 27.3 Å². The number of nitrogens with one attached hydrogen (secondary N) is 1. The van der Waals surface area contributed by atoms with Gasteiger partial charge in [-0.15, -0.1) is 0 Å². The lowest BCUT2D eigenvalue weighted by atomic mass is 10.1. The van der Waals surface area contributed by atoms with Crippen LogP contribution in [0.2, 0.25) is 0 Å². The minimum absolute atomic E-state index is 0.763. The van der Waals surface area contributed by atoms with Crippen LogP contribution in [0.5, 0.6) is 0 Å². The predicted molar refractivity (Wildman–Crippen MR) is 67.9 cm³/mol. The highest BCUT2D eigenvalue weighted by Gasteiger charge is 2.11. The van der Waals surface area contributed by atoms with Crippen LogP contribution in [-0.2, 0) is 6.54 Å². The topological polar surface area (TPSA) is 55.6 Å². The van der Waals surface area contributed by atoms with Crippen LogP contribution in [0.15, 0.2) is 12.4 Å². The summed E-state index contributed by atoms with van der Waals surface area (Å²) >= 11 is 0. The molecule has 90 valence electrons. The maximum absolute atomic E-state index is 4.49. The van der Waals surface area contributed by atoms with Crippen LogP contribution >= 0.6 is 0 Å². The molecule has 0 aliphatic rings. The van der Waals surface area contributed by atoms with Crippen LogP contribution in [0, 0.1) is 13.8 Å². The van der Waals surface area contributed by atoms with E-state index < -0.39 is 0 Å². The van der Waals surface area contributed by atoms with Gasteiger partial charge in [0.25, 0.3) is 0 Å². The molecular weight excluding hydrogens is 214 g/mol. The Hall–Kier alpha value is -1.91. The summed E-state index contributed by atoms with van der Waals surface area (Å²) in [5.74, 6) is 1.64. The van der Waals surface area contributed by atoms with Crippen LogP contribution in [0.25, 0.3) is 11.3 Å². The Bertz CT molecular complexity index is 530. The van der Waals surface area contributed by atoms with E-state index >= 15 is 0 Å². The molecule has 0 amide bonds. The Kier molecular flexibility index (Phi) is 3.08. The van der Waals surface area contributed by atoms with Gasteiger partial charge in [-0.2, -0.15) is 5.10 Å². The van der Waals surface area contributed by atoms with Gasteiger partial charge in [0.1, 0.15) is 11.6 Å². The first-order valence-electron chi connectivity index (χ1n) is 5.71. The normalized spacial score (nSPS) is 10.6. The van der Waals surface area contributed by atoms with Gasteiger partial charge < -0.3 is 5.32 Å². The van der Waals surface area contributed by atoms with Crippen molar-refractivity contribution in [2.75, 3.05) is 12.4 Å². The third-order valence-electron chi connectivity index (χ3n) is 2.73. The molecule has 0 unspecified atom stereocenters. The van der Waals surface area contributed by atoms with E-state index in [1.807, 2.05) is 38.0 Å². The molecule has 5 heteroatoms. The van der Waals surface area contributed by atoms with Crippen molar-refractivity contribution >= 4 is 5.82 Å². The summed E-state index contributed by atoms with van der Waals surface area (Å²) in [5.41, 5.74) is 3.03. The molecule has 0 spiro atoms. The maximum atomic E-state index is 4.49. The number of nitrogens with zero attached hydrogens (tertiary/aromatic N) is 4. The van der Waals surface area contributed by atoms with Crippen LogP contribution in [-0.4, -0.2) is 26.8 Å². The summed E-state index contributed by atoms with van der Waals surface area (Å²) in [6.45, 7) is 6.84. The first-order chi connectivity index (χ1) is 8.15. The molecule has 0 radical (unpaired) electrons. The molecule has 0 fully saturated rings. The maximum Gasteiger partial charge on any atom is 0.132 e. The quantitative estimate of drug-likeness (QED) is 0.878. The van der Waals surface area contributed by atoms with E-state index in [0.717, 1.165) is 35.0 Å². The van der Waals surface area contributed by atoms with Gasteiger partial charge >= 0.3 is 0 Å². The standard InChI is InChI=1S/C12H17N5/c1-5-17-7-10(6-14-17)11-8(2)12(13-4)16-9(3)15-11/h6-7H,5H2,1-4H3,(H,13,15,16). The molecule has 0 aliphatic carbocycles. The van der Waals surface area contributed by atoms with E-state index in [0.29, 0.717) is 0 Å². The van der Waals surface area contributed by atoms with Gasteiger partial charge in [0.15, 0.2) is 0 Å². The van der Waals surface area contributed by atoms with E-state index in [1.54, 1.807) is 0 Å². The molecule has 5 nitrogen and oxygen atoms in total. The van der Waals surface area contributed by atoms with Crippen molar-refractivity contribution in [1.82, 2.24) is 19.7 Å². The van der Waals surface area contributed by atoms with Crippen molar-refractivity contribution in [1.29, 1.82) is 0 Å². The summed E-state index contributed by atoms with van der Waals surface area (Å²) in [6, 6.07) is 0. The van der Waals surface area contributed by atoms with E-state index in [-0.39, 0.29) is 0 Å². The van der Waals surface area contributed by atoms with Gasteiger partial charge in [-0.05, 0) is 20.8 Å². The van der Waals surface area contributed by atoms with E-state index in [9.17, 15) is 0 Å². The average Bonchev–Trinajstić information content (AvgIpc) is 2.80. The van der Waals surface area contributed by atoms with Gasteiger partial charge in [-0.3, -0.25) is 4.68 Å². The average molecular weight is 231 g/mol. The monoisotopic (exact) mass is 231 g/mol. The molecule has 0 saturated carbocycles. The Balaban J connectivity index is 2.54. The summed E-state index contributed by atoms with van der Waals surface area (Å²) < 4.78 is 1.89. The number of hydrogen-bond acceptors (Lipinski definition) is 4. The molecule has 0 bridgehead atoms. The molecule has 0 atom stereocenters. The highest BCUT2D eigenvalue weighted by Crippen LogP contribution is 2.24. The molecule has 2 aromatic heterocycles. The zero-order valence-corrected chi connectivity index (χ0v) is 10.7. The molecule has 0 aromatic carbocycles. The van der Waals surface area contributed by atoms with E-state index in [4.69, 9.17) is 0 Å². The number of hydrogen-bond donors (Lipinski definition) is 1. The number of rotatable bonds is 3. The highest BCUT2D eigenvalue weighted by atomic mass is 15.3. The van der Waals surface area contributed by atoms with Crippen LogP contribution in [0.1, 0.15) is 18.3 Å². The molecule has 0 aliphatic heterocycles. The Labute approximate surface area is 101 Å². The van der Waals surface area contributed by atoms with Crippen molar-refractivity contribution in [3.05, 3.63) is 23.8 Å². The highest BCUT2D eigenvalue weighted by molar-refractivity contribution is 5.66. The molecule has 2 rings (SSSR count). The lowest BCUT2D eigenvalue weighted by molar-refractivity contribution is 0.660. The second-order valence-corrected chi connectivity index (χ2v) is 3.93. The van der Waals surface area contributed by atoms with Crippen LogP contribution < -0.4 is 5.32 Å². The largest absolute Gasteiger partial charge is 0.373 e. The number of aromatic nitrogens is 4. The lowest BCUT2D eigenvalue weighted by Gasteiger charge is -2.09. The molecular formula is C12H17N5. The second kappa shape index (κ2) is 4.53. The van der Waals surface area contributed by atoms with Gasteiger partial charge in [0, 0.05) is 30.9 Å². The number of aryl methyl sites for hydroxylation is 2. The van der Waals surface area contributed by atoms with Crippen LogP contribution in [0.3, 0.4) is 0 Å². The minimum atomic E-state index is 0.763. The SMILES string of the molecule is CCn1cc(-c2nc(C)nc(NC)c2C)cn1. The Morgan fingerprint density at radius 2 is 2.06 bits per heavy atom. The van der Waals surface area contributed by atoms with E-state index in [1.165, 1.54) is 0 Å². The zero-order chi connectivity index (χ0) is 12.4. The minimum Gasteiger partial charge on any atom is -0.373 e. The first-order valence-corrected chi connectivity index (χ1v) is 5.71. The molecule has 0 saturated heterocycles. The molecule has 2 aromatic rings. The fourth-order valence-electron chi connectivity index (χ4n) is 1.81. The van der Waals surface area contributed by atoms with Gasteiger partial charge in [-0.1, -0.05) is 0 Å².